The molecule has 0 aliphatic heterocycles. The van der Waals surface area contributed by atoms with Crippen LogP contribution in [-0.4, -0.2) is 29.0 Å². The van der Waals surface area contributed by atoms with Crippen LogP contribution in [0.1, 0.15) is 83.7 Å². The Labute approximate surface area is 153 Å². The van der Waals surface area contributed by atoms with Crippen LogP contribution in [0.3, 0.4) is 0 Å². The van der Waals surface area contributed by atoms with E-state index in [1.807, 2.05) is 19.2 Å². The summed E-state index contributed by atoms with van der Waals surface area (Å²) in [6.45, 7) is 6.33. The van der Waals surface area contributed by atoms with E-state index in [2.05, 4.69) is 23.7 Å². The molecule has 1 N–H and O–H groups in total. The van der Waals surface area contributed by atoms with E-state index >= 15 is 0 Å². The maximum atomic E-state index is 11.8. The highest BCUT2D eigenvalue weighted by molar-refractivity contribution is 5.61. The molecule has 0 amide bonds. The van der Waals surface area contributed by atoms with Crippen LogP contribution in [0.15, 0.2) is 12.3 Å². The lowest BCUT2D eigenvalue weighted by Gasteiger charge is -2.48. The van der Waals surface area contributed by atoms with E-state index in [1.54, 1.807) is 7.11 Å². The van der Waals surface area contributed by atoms with Crippen LogP contribution in [0.5, 0.6) is 5.75 Å². The number of anilines is 1. The molecule has 1 aliphatic rings. The summed E-state index contributed by atoms with van der Waals surface area (Å²) >= 11 is 0. The molecule has 1 aromatic rings. The van der Waals surface area contributed by atoms with Gasteiger partial charge in [-0.15, -0.1) is 0 Å². The van der Waals surface area contributed by atoms with E-state index in [0.717, 1.165) is 62.1 Å². The molecule has 1 unspecified atom stereocenters. The molecule has 4 nitrogen and oxygen atoms in total. The lowest BCUT2D eigenvalue weighted by molar-refractivity contribution is 0.00482. The number of hydrogen-bond donors (Lipinski definition) is 1. The van der Waals surface area contributed by atoms with E-state index in [4.69, 9.17) is 4.74 Å². The Balaban J connectivity index is 2.50. The maximum Gasteiger partial charge on any atom is 0.163 e. The Morgan fingerprint density at radius 3 is 2.52 bits per heavy atom. The number of pyridine rings is 1. The average Bonchev–Trinajstić information content (AvgIpc) is 2.61. The molecule has 1 aliphatic carbocycles. The van der Waals surface area contributed by atoms with Crippen LogP contribution in [0.25, 0.3) is 0 Å². The van der Waals surface area contributed by atoms with E-state index in [0.29, 0.717) is 6.04 Å². The second-order valence-electron chi connectivity index (χ2n) is 7.45. The van der Waals surface area contributed by atoms with Gasteiger partial charge >= 0.3 is 0 Å². The lowest BCUT2D eigenvalue weighted by atomic mass is 9.89. The van der Waals surface area contributed by atoms with Gasteiger partial charge in [0.05, 0.1) is 18.5 Å². The number of nitrogens with zero attached hydrogens (tertiary/aromatic N) is 2. The van der Waals surface area contributed by atoms with Crippen LogP contribution in [0.2, 0.25) is 0 Å². The molecular formula is C21H36N2O2. The molecule has 0 aromatic carbocycles. The van der Waals surface area contributed by atoms with Crippen molar-refractivity contribution in [2.45, 2.75) is 96.7 Å². The molecule has 1 atom stereocenters. The van der Waals surface area contributed by atoms with Crippen molar-refractivity contribution in [3.05, 3.63) is 18.0 Å². The van der Waals surface area contributed by atoms with Crippen LogP contribution >= 0.6 is 0 Å². The number of aliphatic hydroxyl groups is 1. The topological polar surface area (TPSA) is 45.6 Å². The van der Waals surface area contributed by atoms with Crippen molar-refractivity contribution in [2.75, 3.05) is 12.0 Å². The minimum absolute atomic E-state index is 0.373. The van der Waals surface area contributed by atoms with Crippen molar-refractivity contribution in [1.29, 1.82) is 0 Å². The average molecular weight is 349 g/mol. The molecular weight excluding hydrogens is 312 g/mol. The summed E-state index contributed by atoms with van der Waals surface area (Å²) in [6.07, 6.45) is 12.6. The van der Waals surface area contributed by atoms with Gasteiger partial charge in [0.2, 0.25) is 0 Å². The molecule has 2 rings (SSSR count). The highest BCUT2D eigenvalue weighted by atomic mass is 16.5. The third kappa shape index (κ3) is 4.66. The second-order valence-corrected chi connectivity index (χ2v) is 7.45. The zero-order valence-corrected chi connectivity index (χ0v) is 16.6. The SMILES string of the molecule is CCCCC(O)(CCC)N(c1ccnc(C)c1OC)C1CCCCC1. The van der Waals surface area contributed by atoms with Crippen molar-refractivity contribution in [3.63, 3.8) is 0 Å². The van der Waals surface area contributed by atoms with Crippen molar-refractivity contribution in [1.82, 2.24) is 4.98 Å². The molecule has 0 radical (unpaired) electrons. The molecule has 0 bridgehead atoms. The Kier molecular flexibility index (Phi) is 7.55. The van der Waals surface area contributed by atoms with Gasteiger partial charge in [-0.2, -0.15) is 0 Å². The summed E-state index contributed by atoms with van der Waals surface area (Å²) in [5.41, 5.74) is 1.08. The molecule has 1 aromatic heterocycles. The fourth-order valence-electron chi connectivity index (χ4n) is 4.31. The number of ether oxygens (including phenoxy) is 1. The first kappa shape index (κ1) is 20.0. The molecule has 25 heavy (non-hydrogen) atoms. The fraction of sp³-hybridized carbons (Fsp3) is 0.762. The molecule has 0 saturated heterocycles. The van der Waals surface area contributed by atoms with Gasteiger partial charge in [0.1, 0.15) is 5.72 Å². The van der Waals surface area contributed by atoms with Gasteiger partial charge in [-0.1, -0.05) is 46.0 Å². The Bertz CT molecular complexity index is 529. The predicted molar refractivity (Wildman–Crippen MR) is 104 cm³/mol. The third-order valence-corrected chi connectivity index (χ3v) is 5.49. The highest BCUT2D eigenvalue weighted by Crippen LogP contribution is 2.41. The third-order valence-electron chi connectivity index (χ3n) is 5.49. The minimum Gasteiger partial charge on any atom is -0.493 e. The molecule has 4 heteroatoms. The number of methoxy groups -OCH3 is 1. The number of aryl methyl sites for hydroxylation is 1. The van der Waals surface area contributed by atoms with Gasteiger partial charge in [0.15, 0.2) is 5.75 Å². The van der Waals surface area contributed by atoms with Crippen LogP contribution in [0.4, 0.5) is 5.69 Å². The van der Waals surface area contributed by atoms with Crippen molar-refractivity contribution in [2.24, 2.45) is 0 Å². The molecule has 1 fully saturated rings. The first-order valence-electron chi connectivity index (χ1n) is 10.1. The summed E-state index contributed by atoms with van der Waals surface area (Å²) in [7, 11) is 1.71. The summed E-state index contributed by atoms with van der Waals surface area (Å²) in [6, 6.07) is 2.39. The standard InChI is InChI=1S/C21H36N2O2/c1-5-7-15-21(24,14-6-2)23(18-11-9-8-10-12-18)19-13-16-22-17(3)20(19)25-4/h13,16,18,24H,5-12,14-15H2,1-4H3. The van der Waals surface area contributed by atoms with Gasteiger partial charge in [-0.25, -0.2) is 0 Å². The predicted octanol–water partition coefficient (Wildman–Crippen LogP) is 5.22. The number of rotatable bonds is 9. The van der Waals surface area contributed by atoms with Crippen molar-refractivity contribution >= 4 is 5.69 Å². The summed E-state index contributed by atoms with van der Waals surface area (Å²) in [4.78, 5) is 6.70. The van der Waals surface area contributed by atoms with Crippen LogP contribution in [-0.2, 0) is 0 Å². The van der Waals surface area contributed by atoms with E-state index in [9.17, 15) is 5.11 Å². The molecule has 142 valence electrons. The summed E-state index contributed by atoms with van der Waals surface area (Å²) in [5.74, 6) is 0.805. The van der Waals surface area contributed by atoms with E-state index < -0.39 is 5.72 Å². The monoisotopic (exact) mass is 348 g/mol. The highest BCUT2D eigenvalue weighted by Gasteiger charge is 2.39. The smallest absolute Gasteiger partial charge is 0.163 e. The molecule has 1 saturated carbocycles. The zero-order valence-electron chi connectivity index (χ0n) is 16.6. The van der Waals surface area contributed by atoms with Crippen LogP contribution in [0, 0.1) is 6.92 Å². The van der Waals surface area contributed by atoms with E-state index in [-0.39, 0.29) is 0 Å². The number of aromatic nitrogens is 1. The normalized spacial score (nSPS) is 18.0. The zero-order chi connectivity index (χ0) is 18.3. The summed E-state index contributed by atoms with van der Waals surface area (Å²) < 4.78 is 5.71. The lowest BCUT2D eigenvalue weighted by Crippen LogP contribution is -2.55. The minimum atomic E-state index is -0.812. The van der Waals surface area contributed by atoms with Gasteiger partial charge < -0.3 is 14.7 Å². The van der Waals surface area contributed by atoms with E-state index in [1.165, 1.54) is 19.3 Å². The number of unbranched alkanes of at least 4 members (excludes halogenated alkanes) is 1. The Hall–Kier alpha value is -1.29. The largest absolute Gasteiger partial charge is 0.493 e. The molecule has 0 spiro atoms. The maximum absolute atomic E-state index is 11.8. The van der Waals surface area contributed by atoms with Gasteiger partial charge in [-0.3, -0.25) is 4.98 Å². The first-order chi connectivity index (χ1) is 12.1. The molecule has 1 heterocycles. The van der Waals surface area contributed by atoms with Crippen molar-refractivity contribution < 1.29 is 9.84 Å². The van der Waals surface area contributed by atoms with Gasteiger partial charge in [0, 0.05) is 12.2 Å². The summed E-state index contributed by atoms with van der Waals surface area (Å²) in [5, 5.41) is 11.8. The fourth-order valence-corrected chi connectivity index (χ4v) is 4.31. The Morgan fingerprint density at radius 2 is 1.92 bits per heavy atom. The van der Waals surface area contributed by atoms with Crippen molar-refractivity contribution in [3.8, 4) is 5.75 Å². The van der Waals surface area contributed by atoms with Gasteiger partial charge in [0.25, 0.3) is 0 Å². The Morgan fingerprint density at radius 1 is 1.20 bits per heavy atom. The quantitative estimate of drug-likeness (QED) is 0.622. The second kappa shape index (κ2) is 9.42. The number of hydrogen-bond acceptors (Lipinski definition) is 4. The first-order valence-corrected chi connectivity index (χ1v) is 10.1. The van der Waals surface area contributed by atoms with Crippen LogP contribution < -0.4 is 9.64 Å². The van der Waals surface area contributed by atoms with Gasteiger partial charge in [-0.05, 0) is 45.1 Å².